The summed E-state index contributed by atoms with van der Waals surface area (Å²) < 4.78 is 38.2. The van der Waals surface area contributed by atoms with Crippen LogP contribution in [0, 0.1) is 5.41 Å². The Hall–Kier alpha value is -2.86. The molecule has 2 aliphatic heterocycles. The van der Waals surface area contributed by atoms with Crippen molar-refractivity contribution in [3.63, 3.8) is 0 Å². The third kappa shape index (κ3) is 5.12. The highest BCUT2D eigenvalue weighted by Crippen LogP contribution is 2.47. The minimum absolute atomic E-state index is 0.00617. The van der Waals surface area contributed by atoms with E-state index in [4.69, 9.17) is 24.7 Å². The first kappa shape index (κ1) is 25.8. The first-order chi connectivity index (χ1) is 15.9. The number of nitrogens with one attached hydrogen (secondary N) is 1. The fourth-order valence-electron chi connectivity index (χ4n) is 3.84. The van der Waals surface area contributed by atoms with Crippen molar-refractivity contribution in [2.24, 2.45) is 10.4 Å². The molecule has 11 nitrogen and oxygen atoms in total. The van der Waals surface area contributed by atoms with Gasteiger partial charge in [0.25, 0.3) is 0 Å². The number of nitrogen functional groups attached to an aromatic ring is 1. The molecule has 12 heteroatoms. The van der Waals surface area contributed by atoms with Gasteiger partial charge < -0.3 is 30.0 Å². The Balaban J connectivity index is 1.80. The molecule has 34 heavy (non-hydrogen) atoms. The summed E-state index contributed by atoms with van der Waals surface area (Å²) in [6.45, 7) is 7.55. The van der Waals surface area contributed by atoms with Crippen LogP contribution in [-0.4, -0.2) is 72.5 Å². The van der Waals surface area contributed by atoms with Gasteiger partial charge in [0.1, 0.15) is 17.9 Å². The van der Waals surface area contributed by atoms with Crippen molar-refractivity contribution >= 4 is 35.6 Å². The largest absolute Gasteiger partial charge is 0.456 e. The summed E-state index contributed by atoms with van der Waals surface area (Å²) in [4.78, 5) is 36.7. The second-order valence-electron chi connectivity index (χ2n) is 9.40. The summed E-state index contributed by atoms with van der Waals surface area (Å²) in [6, 6.07) is 0. The lowest BCUT2D eigenvalue weighted by Gasteiger charge is -2.29. The molecule has 1 aromatic rings. The number of nitrogens with zero attached hydrogens (tertiary/aromatic N) is 3. The predicted molar refractivity (Wildman–Crippen MR) is 122 cm³/mol. The molecular formula is C22H32FN5O6. The van der Waals surface area contributed by atoms with Crippen LogP contribution in [-0.2, 0) is 28.5 Å². The monoisotopic (exact) mass is 481 g/mol. The number of halogens is 1. The van der Waals surface area contributed by atoms with E-state index < -0.39 is 47.3 Å². The van der Waals surface area contributed by atoms with E-state index >= 15 is 4.39 Å². The van der Waals surface area contributed by atoms with Crippen LogP contribution in [0.3, 0.4) is 0 Å². The van der Waals surface area contributed by atoms with Gasteiger partial charge in [-0.2, -0.15) is 4.98 Å². The fourth-order valence-corrected chi connectivity index (χ4v) is 3.84. The molecule has 2 unspecified atom stereocenters. The molecule has 0 aromatic carbocycles. The molecule has 0 amide bonds. The molecule has 1 saturated heterocycles. The van der Waals surface area contributed by atoms with Crippen LogP contribution in [0.15, 0.2) is 4.99 Å². The van der Waals surface area contributed by atoms with Crippen LogP contribution < -0.4 is 11.1 Å². The summed E-state index contributed by atoms with van der Waals surface area (Å²) in [6.07, 6.45) is -1.73. The van der Waals surface area contributed by atoms with E-state index in [-0.39, 0.29) is 25.8 Å². The van der Waals surface area contributed by atoms with Crippen molar-refractivity contribution in [1.82, 2.24) is 9.97 Å². The van der Waals surface area contributed by atoms with E-state index in [0.29, 0.717) is 17.2 Å². The molecule has 1 aromatic heterocycles. The molecule has 0 bridgehead atoms. The summed E-state index contributed by atoms with van der Waals surface area (Å²) in [5.74, 6) is -1.31. The number of hydrogen-bond acceptors (Lipinski definition) is 11. The van der Waals surface area contributed by atoms with Crippen molar-refractivity contribution in [2.45, 2.75) is 70.9 Å². The number of nitrogens with two attached hydrogens (primary N) is 1. The van der Waals surface area contributed by atoms with E-state index in [2.05, 4.69) is 20.3 Å². The Kier molecular flexibility index (Phi) is 7.41. The van der Waals surface area contributed by atoms with Gasteiger partial charge in [-0.05, 0) is 27.7 Å². The Morgan fingerprint density at radius 1 is 1.32 bits per heavy atom. The highest BCUT2D eigenvalue weighted by Gasteiger charge is 2.60. The molecule has 3 N–H and O–H groups in total. The molecule has 2 aliphatic rings. The van der Waals surface area contributed by atoms with Crippen LogP contribution in [0.2, 0.25) is 0 Å². The molecule has 0 aliphatic carbocycles. The van der Waals surface area contributed by atoms with Crippen molar-refractivity contribution in [3.8, 4) is 0 Å². The molecule has 1 fully saturated rings. The van der Waals surface area contributed by atoms with Crippen LogP contribution >= 0.6 is 0 Å². The summed E-state index contributed by atoms with van der Waals surface area (Å²) in [5.41, 5.74) is 3.87. The highest BCUT2D eigenvalue weighted by molar-refractivity contribution is 5.85. The van der Waals surface area contributed by atoms with Crippen molar-refractivity contribution in [2.75, 3.05) is 31.5 Å². The van der Waals surface area contributed by atoms with Crippen LogP contribution in [0.25, 0.3) is 0 Å². The lowest BCUT2D eigenvalue weighted by molar-refractivity contribution is -0.172. The van der Waals surface area contributed by atoms with Gasteiger partial charge in [-0.3, -0.25) is 14.6 Å². The zero-order valence-electron chi connectivity index (χ0n) is 20.3. The first-order valence-electron chi connectivity index (χ1n) is 11.1. The minimum Gasteiger partial charge on any atom is -0.456 e. The van der Waals surface area contributed by atoms with Gasteiger partial charge in [0, 0.05) is 19.7 Å². The molecule has 5 atom stereocenters. The Morgan fingerprint density at radius 2 is 2.03 bits per heavy atom. The Bertz CT molecular complexity index is 964. The summed E-state index contributed by atoms with van der Waals surface area (Å²) in [7, 11) is 1.66. The standard InChI is InChI=1S/C22H32FN5O6/c1-7-13(29)34-17-12(9-31-10-32-19(30)21(2,3)4)33-16(22(17,5)23)11-8-26-15-14(11)27-20(24)28-18(15)25-6/h8,11-12,16-17H,7,9-10H2,1-6H3,(H3,24,25,27,28)/t11?,12-,16?,17-,22+/m1/s1. The maximum atomic E-state index is 16.2. The number of aromatic nitrogens is 2. The summed E-state index contributed by atoms with van der Waals surface area (Å²) in [5, 5.41) is 2.90. The van der Waals surface area contributed by atoms with Gasteiger partial charge in [-0.1, -0.05) is 6.92 Å². The van der Waals surface area contributed by atoms with Crippen molar-refractivity contribution in [1.29, 1.82) is 0 Å². The highest BCUT2D eigenvalue weighted by atomic mass is 19.1. The van der Waals surface area contributed by atoms with Gasteiger partial charge in [-0.15, -0.1) is 0 Å². The van der Waals surface area contributed by atoms with Crippen molar-refractivity contribution in [3.05, 3.63) is 5.69 Å². The normalized spacial score (nSPS) is 28.0. The number of carbonyl (C=O) groups excluding carboxylic acids is 2. The van der Waals surface area contributed by atoms with Crippen LogP contribution in [0.4, 0.5) is 21.8 Å². The number of alkyl halides is 1. The Labute approximate surface area is 197 Å². The summed E-state index contributed by atoms with van der Waals surface area (Å²) >= 11 is 0. The number of anilines is 2. The molecule has 3 heterocycles. The van der Waals surface area contributed by atoms with E-state index in [1.54, 1.807) is 34.7 Å². The van der Waals surface area contributed by atoms with E-state index in [1.165, 1.54) is 13.1 Å². The quantitative estimate of drug-likeness (QED) is 0.322. The molecular weight excluding hydrogens is 449 g/mol. The average molecular weight is 482 g/mol. The molecule has 188 valence electrons. The third-order valence-electron chi connectivity index (χ3n) is 5.66. The fraction of sp³-hybridized carbons (Fsp3) is 0.682. The van der Waals surface area contributed by atoms with E-state index in [1.807, 2.05) is 0 Å². The van der Waals surface area contributed by atoms with Gasteiger partial charge >= 0.3 is 11.9 Å². The number of fused-ring (bicyclic) bond motifs is 1. The minimum atomic E-state index is -2.11. The number of esters is 2. The van der Waals surface area contributed by atoms with Gasteiger partial charge in [0.05, 0.1) is 23.6 Å². The smallest absolute Gasteiger partial charge is 0.313 e. The van der Waals surface area contributed by atoms with Crippen molar-refractivity contribution < 1.29 is 32.9 Å². The maximum Gasteiger partial charge on any atom is 0.313 e. The van der Waals surface area contributed by atoms with Crippen LogP contribution in [0.1, 0.15) is 52.7 Å². The number of hydrogen-bond donors (Lipinski definition) is 2. The SMILES string of the molecule is CCC(=O)O[C@@H]1[C@@H](COCOC(=O)C(C)(C)C)OC(C2C=Nc3c(NC)nc(N)nc32)[C@]1(C)F. The Morgan fingerprint density at radius 3 is 2.65 bits per heavy atom. The number of carbonyl (C=O) groups is 2. The predicted octanol–water partition coefficient (Wildman–Crippen LogP) is 2.28. The van der Waals surface area contributed by atoms with Gasteiger partial charge in [0.2, 0.25) is 5.95 Å². The second kappa shape index (κ2) is 9.79. The van der Waals surface area contributed by atoms with E-state index in [9.17, 15) is 9.59 Å². The number of ether oxygens (including phenoxy) is 4. The zero-order valence-corrected chi connectivity index (χ0v) is 20.3. The lowest BCUT2D eigenvalue weighted by atomic mass is 9.86. The topological polar surface area (TPSA) is 147 Å². The molecule has 0 spiro atoms. The lowest BCUT2D eigenvalue weighted by Crippen LogP contribution is -2.47. The van der Waals surface area contributed by atoms with E-state index in [0.717, 1.165) is 0 Å². The molecule has 0 radical (unpaired) electrons. The first-order valence-corrected chi connectivity index (χ1v) is 11.1. The second-order valence-corrected chi connectivity index (χ2v) is 9.40. The number of aliphatic imine (C=N–C) groups is 1. The molecule has 0 saturated carbocycles. The molecule has 3 rings (SSSR count). The number of rotatable bonds is 8. The maximum absolute atomic E-state index is 16.2. The average Bonchev–Trinajstić information content (AvgIpc) is 3.28. The van der Waals surface area contributed by atoms with Gasteiger partial charge in [-0.25, -0.2) is 9.37 Å². The van der Waals surface area contributed by atoms with Gasteiger partial charge in [0.15, 0.2) is 24.4 Å². The van der Waals surface area contributed by atoms with Crippen LogP contribution in [0.5, 0.6) is 0 Å². The third-order valence-corrected chi connectivity index (χ3v) is 5.66. The zero-order chi connectivity index (χ0) is 25.3.